The first-order valence-corrected chi connectivity index (χ1v) is 10.1. The molecule has 0 radical (unpaired) electrons. The van der Waals surface area contributed by atoms with E-state index in [0.717, 1.165) is 11.8 Å². The molecule has 0 fully saturated rings. The van der Waals surface area contributed by atoms with E-state index in [9.17, 15) is 13.0 Å². The molecule has 0 spiro atoms. The summed E-state index contributed by atoms with van der Waals surface area (Å²) in [6, 6.07) is 20.1. The normalized spacial score (nSPS) is 11.5. The Morgan fingerprint density at radius 2 is 1.33 bits per heavy atom. The van der Waals surface area contributed by atoms with Gasteiger partial charge in [0, 0.05) is 0 Å². The predicted molar refractivity (Wildman–Crippen MR) is 107 cm³/mol. The summed E-state index contributed by atoms with van der Waals surface area (Å²) in [7, 11) is -4.73. The molecule has 0 saturated heterocycles. The van der Waals surface area contributed by atoms with E-state index < -0.39 is 15.0 Å². The summed E-state index contributed by atoms with van der Waals surface area (Å²) in [5.74, 6) is 0.272. The summed E-state index contributed by atoms with van der Waals surface area (Å²) in [6.45, 7) is 2.09. The number of hydrogen-bond donors (Lipinski definition) is 0. The average Bonchev–Trinajstić information content (AvgIpc) is 2.72. The van der Waals surface area contributed by atoms with Crippen LogP contribution in [0.5, 0.6) is 5.75 Å². The summed E-state index contributed by atoms with van der Waals surface area (Å²) in [5.41, 5.74) is 1.76. The number of azo groups is 2. The minimum absolute atomic E-state index is 0. The fraction of sp³-hybridized carbons (Fsp3) is 0.100. The number of ether oxygens (including phenoxy) is 1. The summed E-state index contributed by atoms with van der Waals surface area (Å²) >= 11 is 0. The maximum Gasteiger partial charge on any atom is 1.00 e. The Kier molecular flexibility index (Phi) is 8.82. The van der Waals surface area contributed by atoms with Crippen LogP contribution in [0.4, 0.5) is 22.7 Å². The quantitative estimate of drug-likeness (QED) is 0.324. The summed E-state index contributed by atoms with van der Waals surface area (Å²) in [4.78, 5) is -0.486. The zero-order valence-electron chi connectivity index (χ0n) is 16.5. The summed E-state index contributed by atoms with van der Waals surface area (Å²) < 4.78 is 39.8. The van der Waals surface area contributed by atoms with Crippen LogP contribution in [0.1, 0.15) is 6.92 Å². The van der Waals surface area contributed by atoms with Gasteiger partial charge in [-0.3, -0.25) is 0 Å². The summed E-state index contributed by atoms with van der Waals surface area (Å²) in [6.07, 6.45) is 0. The van der Waals surface area contributed by atoms with Gasteiger partial charge in [0.15, 0.2) is 0 Å². The monoisotopic (exact) mass is 432 g/mol. The number of benzene rings is 3. The second kappa shape index (κ2) is 11.1. The van der Waals surface area contributed by atoms with Crippen molar-refractivity contribution in [1.29, 1.82) is 0 Å². The molecule has 0 aliphatic rings. The van der Waals surface area contributed by atoms with E-state index in [0.29, 0.717) is 18.0 Å². The van der Waals surface area contributed by atoms with Gasteiger partial charge in [-0.05, 0) is 61.5 Å². The van der Waals surface area contributed by atoms with Crippen LogP contribution < -0.4 is 34.3 Å². The fourth-order valence-corrected chi connectivity index (χ4v) is 2.97. The van der Waals surface area contributed by atoms with Crippen molar-refractivity contribution in [3.05, 3.63) is 72.8 Å². The molecule has 0 aliphatic heterocycles. The second-order valence-electron chi connectivity index (χ2n) is 5.77. The second-order valence-corrected chi connectivity index (χ2v) is 7.12. The van der Waals surface area contributed by atoms with Crippen molar-refractivity contribution in [2.75, 3.05) is 6.61 Å². The largest absolute Gasteiger partial charge is 1.00 e. The molecule has 0 bridgehead atoms. The fourth-order valence-electron chi connectivity index (χ4n) is 2.34. The Morgan fingerprint density at radius 1 is 0.800 bits per heavy atom. The van der Waals surface area contributed by atoms with Gasteiger partial charge in [0.25, 0.3) is 0 Å². The van der Waals surface area contributed by atoms with E-state index in [1.165, 1.54) is 12.1 Å². The Labute approximate surface area is 196 Å². The Balaban J connectivity index is 0.00000320. The molecule has 0 aliphatic carbocycles. The van der Waals surface area contributed by atoms with Gasteiger partial charge >= 0.3 is 29.6 Å². The molecule has 3 aromatic rings. The molecule has 0 heterocycles. The third-order valence-corrected chi connectivity index (χ3v) is 4.54. The van der Waals surface area contributed by atoms with Crippen molar-refractivity contribution in [1.82, 2.24) is 0 Å². The van der Waals surface area contributed by atoms with Gasteiger partial charge < -0.3 is 9.29 Å². The van der Waals surface area contributed by atoms with Crippen molar-refractivity contribution in [2.24, 2.45) is 20.5 Å². The van der Waals surface area contributed by atoms with Crippen LogP contribution in [-0.4, -0.2) is 19.6 Å². The zero-order valence-corrected chi connectivity index (χ0v) is 19.3. The Hall–Kier alpha value is -2.43. The van der Waals surface area contributed by atoms with Crippen molar-refractivity contribution in [2.45, 2.75) is 11.8 Å². The molecule has 0 saturated carbocycles. The predicted octanol–water partition coefficient (Wildman–Crippen LogP) is 2.82. The van der Waals surface area contributed by atoms with E-state index >= 15 is 0 Å². The average molecular weight is 432 g/mol. The molecule has 0 aromatic heterocycles. The van der Waals surface area contributed by atoms with Crippen LogP contribution in [0.25, 0.3) is 0 Å². The van der Waals surface area contributed by atoms with Gasteiger partial charge in [-0.15, -0.1) is 5.11 Å². The van der Waals surface area contributed by atoms with Gasteiger partial charge in [-0.2, -0.15) is 15.3 Å². The van der Waals surface area contributed by atoms with Crippen LogP contribution in [0.2, 0.25) is 0 Å². The molecule has 10 heteroatoms. The van der Waals surface area contributed by atoms with Crippen molar-refractivity contribution >= 4 is 32.9 Å². The van der Waals surface area contributed by atoms with Crippen LogP contribution >= 0.6 is 0 Å². The molecule has 30 heavy (non-hydrogen) atoms. The van der Waals surface area contributed by atoms with Crippen molar-refractivity contribution in [3.8, 4) is 5.75 Å². The van der Waals surface area contributed by atoms with Crippen LogP contribution in [0, 0.1) is 0 Å². The van der Waals surface area contributed by atoms with Gasteiger partial charge in [0.05, 0.1) is 28.6 Å². The van der Waals surface area contributed by atoms with Crippen LogP contribution in [-0.2, 0) is 10.1 Å². The molecule has 0 unspecified atom stereocenters. The van der Waals surface area contributed by atoms with Gasteiger partial charge in [-0.25, -0.2) is 8.42 Å². The number of hydrogen-bond acceptors (Lipinski definition) is 8. The first-order chi connectivity index (χ1) is 14.0. The maximum absolute atomic E-state index is 11.5. The molecule has 0 atom stereocenters. The van der Waals surface area contributed by atoms with Crippen LogP contribution in [0.3, 0.4) is 0 Å². The Bertz CT molecular complexity index is 1140. The van der Waals surface area contributed by atoms with E-state index in [4.69, 9.17) is 4.74 Å². The third-order valence-electron chi connectivity index (χ3n) is 3.67. The number of rotatable bonds is 7. The SMILES string of the molecule is CCOc1ccc(N=Nc2ccc(N=Nc3ccccc3)cc2)c(S(=O)(=O)[O-])c1.[Na+]. The van der Waals surface area contributed by atoms with E-state index in [-0.39, 0.29) is 41.0 Å². The van der Waals surface area contributed by atoms with E-state index in [1.54, 1.807) is 31.2 Å². The van der Waals surface area contributed by atoms with Gasteiger partial charge in [-0.1, -0.05) is 18.2 Å². The van der Waals surface area contributed by atoms with Gasteiger partial charge in [0.1, 0.15) is 21.6 Å². The zero-order chi connectivity index (χ0) is 20.7. The first-order valence-electron chi connectivity index (χ1n) is 8.67. The molecule has 3 rings (SSSR count). The third kappa shape index (κ3) is 6.82. The molecule has 8 nitrogen and oxygen atoms in total. The Morgan fingerprint density at radius 3 is 1.87 bits per heavy atom. The molecular weight excluding hydrogens is 415 g/mol. The first kappa shape index (κ1) is 23.8. The molecule has 148 valence electrons. The maximum atomic E-state index is 11.5. The van der Waals surface area contributed by atoms with E-state index in [1.807, 2.05) is 30.3 Å². The van der Waals surface area contributed by atoms with Crippen LogP contribution in [0.15, 0.2) is 98.1 Å². The van der Waals surface area contributed by atoms with Crippen molar-refractivity contribution < 1.29 is 47.3 Å². The summed E-state index contributed by atoms with van der Waals surface area (Å²) in [5, 5.41) is 16.1. The molecule has 3 aromatic carbocycles. The van der Waals surface area contributed by atoms with E-state index in [2.05, 4.69) is 20.5 Å². The number of nitrogens with zero attached hydrogens (tertiary/aromatic N) is 4. The molecule has 0 N–H and O–H groups in total. The van der Waals surface area contributed by atoms with Crippen molar-refractivity contribution in [3.63, 3.8) is 0 Å². The minimum atomic E-state index is -4.73. The van der Waals surface area contributed by atoms with Gasteiger partial charge in [0.2, 0.25) is 0 Å². The smallest absolute Gasteiger partial charge is 0.744 e. The minimum Gasteiger partial charge on any atom is -0.744 e. The molecule has 0 amide bonds. The molecular formula is C20H17N4NaO4S. The standard InChI is InChI=1S/C20H18N4O4S.Na/c1-2-28-18-12-13-19(20(14-18)29(25,26)27)24-23-17-10-8-16(9-11-17)22-21-15-6-4-3-5-7-15;/h3-14H,2H2,1H3,(H,25,26,27);/q;+1/p-1. The topological polar surface area (TPSA) is 116 Å².